The molecule has 6 heteroatoms. The summed E-state index contributed by atoms with van der Waals surface area (Å²) in [5, 5.41) is 8.72. The molecule has 0 fully saturated rings. The van der Waals surface area contributed by atoms with Crippen LogP contribution in [0.25, 0.3) is 0 Å². The van der Waals surface area contributed by atoms with Gasteiger partial charge in [-0.15, -0.1) is 35.3 Å². The molecule has 1 heterocycles. The average Bonchev–Trinajstić information content (AvgIpc) is 2.94. The van der Waals surface area contributed by atoms with Gasteiger partial charge in [0.05, 0.1) is 13.1 Å². The fourth-order valence-electron chi connectivity index (χ4n) is 1.98. The molecule has 2 aromatic rings. The molecule has 126 valence electrons. The van der Waals surface area contributed by atoms with E-state index >= 15 is 0 Å². The molecular formula is C17H24IN3OS. The van der Waals surface area contributed by atoms with Crippen molar-refractivity contribution in [2.75, 3.05) is 13.6 Å². The third-order valence-electron chi connectivity index (χ3n) is 3.25. The van der Waals surface area contributed by atoms with Crippen LogP contribution in [0.4, 0.5) is 0 Å². The van der Waals surface area contributed by atoms with Gasteiger partial charge in [-0.25, -0.2) is 0 Å². The van der Waals surface area contributed by atoms with Gasteiger partial charge in [0.25, 0.3) is 0 Å². The van der Waals surface area contributed by atoms with E-state index < -0.39 is 0 Å². The summed E-state index contributed by atoms with van der Waals surface area (Å²) in [6.45, 7) is 5.64. The Morgan fingerprint density at radius 3 is 2.57 bits per heavy atom. The highest BCUT2D eigenvalue weighted by atomic mass is 127. The molecule has 0 aliphatic rings. The quantitative estimate of drug-likeness (QED) is 0.404. The normalized spacial score (nSPS) is 12.2. The lowest BCUT2D eigenvalue weighted by atomic mass is 10.3. The van der Waals surface area contributed by atoms with Gasteiger partial charge >= 0.3 is 0 Å². The molecule has 2 N–H and O–H groups in total. The topological polar surface area (TPSA) is 45.7 Å². The number of hydrogen-bond donors (Lipinski definition) is 2. The van der Waals surface area contributed by atoms with Crippen molar-refractivity contribution >= 4 is 41.3 Å². The number of halogens is 1. The van der Waals surface area contributed by atoms with Crippen molar-refractivity contribution in [3.8, 4) is 5.75 Å². The van der Waals surface area contributed by atoms with Crippen LogP contribution in [0.2, 0.25) is 0 Å². The number of thiophene rings is 1. The van der Waals surface area contributed by atoms with Crippen LogP contribution in [-0.2, 0) is 6.54 Å². The number of para-hydroxylation sites is 1. The zero-order valence-electron chi connectivity index (χ0n) is 13.7. The van der Waals surface area contributed by atoms with Crippen molar-refractivity contribution < 1.29 is 4.74 Å². The predicted octanol–water partition coefficient (Wildman–Crippen LogP) is 3.81. The number of nitrogens with zero attached hydrogens (tertiary/aromatic N) is 1. The summed E-state index contributed by atoms with van der Waals surface area (Å²) in [4.78, 5) is 5.57. The molecule has 4 nitrogen and oxygen atoms in total. The van der Waals surface area contributed by atoms with E-state index in [1.54, 1.807) is 18.4 Å². The number of hydrogen-bond acceptors (Lipinski definition) is 3. The second-order valence-electron chi connectivity index (χ2n) is 5.07. The molecule has 0 aliphatic carbocycles. The fourth-order valence-corrected chi connectivity index (χ4v) is 2.83. The van der Waals surface area contributed by atoms with Crippen LogP contribution in [0, 0.1) is 6.92 Å². The molecule has 0 amide bonds. The van der Waals surface area contributed by atoms with Gasteiger partial charge in [0.2, 0.25) is 0 Å². The second kappa shape index (κ2) is 10.5. The van der Waals surface area contributed by atoms with Crippen molar-refractivity contribution in [2.24, 2.45) is 4.99 Å². The second-order valence-corrected chi connectivity index (χ2v) is 6.08. The first-order valence-electron chi connectivity index (χ1n) is 7.38. The SMILES string of the molecule is CN=C(NCc1sccc1C)NCC(C)Oc1ccccc1.I. The highest BCUT2D eigenvalue weighted by Crippen LogP contribution is 2.14. The number of benzene rings is 1. The fraction of sp³-hybridized carbons (Fsp3) is 0.353. The lowest BCUT2D eigenvalue weighted by Gasteiger charge is -2.17. The Kier molecular flexibility index (Phi) is 9.01. The first-order chi connectivity index (χ1) is 10.7. The summed E-state index contributed by atoms with van der Waals surface area (Å²) < 4.78 is 5.84. The molecule has 1 aromatic heterocycles. The van der Waals surface area contributed by atoms with Crippen LogP contribution in [0.5, 0.6) is 5.75 Å². The van der Waals surface area contributed by atoms with E-state index in [2.05, 4.69) is 34.0 Å². The van der Waals surface area contributed by atoms with E-state index in [4.69, 9.17) is 4.74 Å². The van der Waals surface area contributed by atoms with Gasteiger partial charge in [-0.2, -0.15) is 0 Å². The number of nitrogens with one attached hydrogen (secondary N) is 2. The Morgan fingerprint density at radius 1 is 1.22 bits per heavy atom. The van der Waals surface area contributed by atoms with Gasteiger partial charge in [0.15, 0.2) is 5.96 Å². The molecule has 2 rings (SSSR count). The van der Waals surface area contributed by atoms with Gasteiger partial charge in [0.1, 0.15) is 11.9 Å². The summed E-state index contributed by atoms with van der Waals surface area (Å²) in [5.41, 5.74) is 1.31. The summed E-state index contributed by atoms with van der Waals surface area (Å²) >= 11 is 1.76. The standard InChI is InChI=1S/C17H23N3OS.HI/c1-13-9-10-22-16(13)12-20-17(18-3)19-11-14(2)21-15-7-5-4-6-8-15;/h4-10,14H,11-12H2,1-3H3,(H2,18,19,20);1H. The van der Waals surface area contributed by atoms with Crippen LogP contribution in [-0.4, -0.2) is 25.7 Å². The zero-order chi connectivity index (χ0) is 15.8. The molecule has 1 aromatic carbocycles. The average molecular weight is 445 g/mol. The van der Waals surface area contributed by atoms with E-state index in [0.29, 0.717) is 6.54 Å². The smallest absolute Gasteiger partial charge is 0.191 e. The minimum Gasteiger partial charge on any atom is -0.489 e. The van der Waals surface area contributed by atoms with Gasteiger partial charge in [-0.1, -0.05) is 18.2 Å². The lowest BCUT2D eigenvalue weighted by molar-refractivity contribution is 0.224. The molecule has 0 bridgehead atoms. The van der Waals surface area contributed by atoms with E-state index in [1.807, 2.05) is 37.3 Å². The first-order valence-corrected chi connectivity index (χ1v) is 8.26. The lowest BCUT2D eigenvalue weighted by Crippen LogP contribution is -2.41. The van der Waals surface area contributed by atoms with Crippen LogP contribution in [0.1, 0.15) is 17.4 Å². The summed E-state index contributed by atoms with van der Waals surface area (Å²) in [6.07, 6.45) is 0.0597. The van der Waals surface area contributed by atoms with Crippen LogP contribution in [0.3, 0.4) is 0 Å². The largest absolute Gasteiger partial charge is 0.489 e. The monoisotopic (exact) mass is 445 g/mol. The molecule has 1 unspecified atom stereocenters. The maximum atomic E-state index is 5.84. The van der Waals surface area contributed by atoms with E-state index in [0.717, 1.165) is 18.3 Å². The molecule has 23 heavy (non-hydrogen) atoms. The van der Waals surface area contributed by atoms with Crippen molar-refractivity contribution in [2.45, 2.75) is 26.5 Å². The van der Waals surface area contributed by atoms with Crippen LogP contribution in [0.15, 0.2) is 46.8 Å². The van der Waals surface area contributed by atoms with E-state index in [1.165, 1.54) is 10.4 Å². The number of ether oxygens (including phenoxy) is 1. The molecule has 0 saturated carbocycles. The highest BCUT2D eigenvalue weighted by Gasteiger charge is 2.06. The molecule has 0 saturated heterocycles. The van der Waals surface area contributed by atoms with E-state index in [-0.39, 0.29) is 30.1 Å². The molecule has 0 spiro atoms. The third kappa shape index (κ3) is 6.78. The van der Waals surface area contributed by atoms with E-state index in [9.17, 15) is 0 Å². The van der Waals surface area contributed by atoms with Crippen molar-refractivity contribution in [1.29, 1.82) is 0 Å². The predicted molar refractivity (Wildman–Crippen MR) is 109 cm³/mol. The molecule has 0 aliphatic heterocycles. The number of aliphatic imine (C=N–C) groups is 1. The summed E-state index contributed by atoms with van der Waals surface area (Å²) in [7, 11) is 1.78. The minimum absolute atomic E-state index is 0. The first kappa shape index (κ1) is 19.8. The minimum atomic E-state index is 0. The Balaban J connectivity index is 0.00000264. The van der Waals surface area contributed by atoms with Gasteiger partial charge in [0, 0.05) is 11.9 Å². The maximum absolute atomic E-state index is 5.84. The van der Waals surface area contributed by atoms with Gasteiger partial charge < -0.3 is 15.4 Å². The zero-order valence-corrected chi connectivity index (χ0v) is 16.9. The van der Waals surface area contributed by atoms with Gasteiger partial charge in [-0.3, -0.25) is 4.99 Å². The highest BCUT2D eigenvalue weighted by molar-refractivity contribution is 14.0. The number of aryl methyl sites for hydroxylation is 1. The molecule has 1 atom stereocenters. The van der Waals surface area contributed by atoms with Crippen LogP contribution < -0.4 is 15.4 Å². The Bertz CT molecular complexity index is 601. The third-order valence-corrected chi connectivity index (χ3v) is 4.27. The van der Waals surface area contributed by atoms with Crippen molar-refractivity contribution in [3.05, 3.63) is 52.2 Å². The molecular weight excluding hydrogens is 421 g/mol. The van der Waals surface area contributed by atoms with Crippen LogP contribution >= 0.6 is 35.3 Å². The Morgan fingerprint density at radius 2 is 1.96 bits per heavy atom. The summed E-state index contributed by atoms with van der Waals surface area (Å²) in [6, 6.07) is 12.0. The number of rotatable bonds is 6. The van der Waals surface area contributed by atoms with Crippen molar-refractivity contribution in [3.63, 3.8) is 0 Å². The number of guanidine groups is 1. The Labute approximate surface area is 159 Å². The van der Waals surface area contributed by atoms with Crippen molar-refractivity contribution in [1.82, 2.24) is 10.6 Å². The summed E-state index contributed by atoms with van der Waals surface area (Å²) in [5.74, 6) is 1.67. The Hall–Kier alpha value is -1.28. The maximum Gasteiger partial charge on any atom is 0.191 e. The van der Waals surface area contributed by atoms with Gasteiger partial charge in [-0.05, 0) is 43.0 Å². The molecule has 0 radical (unpaired) electrons.